The van der Waals surface area contributed by atoms with Crippen LogP contribution in [0.2, 0.25) is 15.1 Å². The highest BCUT2D eigenvalue weighted by molar-refractivity contribution is 6.42. The van der Waals surface area contributed by atoms with Crippen LogP contribution in [0.4, 0.5) is 0 Å². The number of carbonyl (C=O) groups is 2. The molecule has 0 spiro atoms. The molecule has 38 heavy (non-hydrogen) atoms. The Hall–Kier alpha value is -2.73. The Bertz CT molecular complexity index is 1230. The van der Waals surface area contributed by atoms with Gasteiger partial charge in [-0.15, -0.1) is 0 Å². The minimum atomic E-state index is -0.754. The molecule has 1 atom stereocenters. The summed E-state index contributed by atoms with van der Waals surface area (Å²) in [5, 5.41) is 4.44. The molecule has 8 heteroatoms. The van der Waals surface area contributed by atoms with Crippen molar-refractivity contribution in [1.82, 2.24) is 10.2 Å². The molecule has 1 aliphatic carbocycles. The average molecular weight is 574 g/mol. The molecule has 5 nitrogen and oxygen atoms in total. The highest BCUT2D eigenvalue weighted by Gasteiger charge is 2.32. The summed E-state index contributed by atoms with van der Waals surface area (Å²) in [5.41, 5.74) is 1.71. The lowest BCUT2D eigenvalue weighted by molar-refractivity contribution is -0.143. The first-order valence-electron chi connectivity index (χ1n) is 12.9. The fourth-order valence-electron chi connectivity index (χ4n) is 4.72. The summed E-state index contributed by atoms with van der Waals surface area (Å²) >= 11 is 18.7. The monoisotopic (exact) mass is 572 g/mol. The zero-order valence-electron chi connectivity index (χ0n) is 21.0. The number of amides is 2. The van der Waals surface area contributed by atoms with E-state index in [4.69, 9.17) is 39.5 Å². The van der Waals surface area contributed by atoms with Crippen molar-refractivity contribution in [2.24, 2.45) is 0 Å². The third-order valence-electron chi connectivity index (χ3n) is 6.75. The predicted octanol–water partition coefficient (Wildman–Crippen LogP) is 7.11. The van der Waals surface area contributed by atoms with Gasteiger partial charge in [0.1, 0.15) is 11.8 Å². The molecule has 200 valence electrons. The second-order valence-corrected chi connectivity index (χ2v) is 10.8. The van der Waals surface area contributed by atoms with Crippen LogP contribution in [-0.2, 0) is 22.6 Å². The number of hydrogen-bond acceptors (Lipinski definition) is 3. The normalized spacial score (nSPS) is 14.5. The van der Waals surface area contributed by atoms with E-state index in [9.17, 15) is 9.59 Å². The SMILES string of the molecule is O=C(NC1CCCCC1)C(Cc1ccccc1)N(Cc1ccc(Cl)c(Cl)c1)C(=O)COc1ccccc1Cl. The second-order valence-electron chi connectivity index (χ2n) is 9.54. The lowest BCUT2D eigenvalue weighted by atomic mass is 9.94. The van der Waals surface area contributed by atoms with Crippen molar-refractivity contribution >= 4 is 46.6 Å². The molecule has 0 aliphatic heterocycles. The molecule has 2 amide bonds. The molecule has 0 saturated heterocycles. The van der Waals surface area contributed by atoms with Crippen molar-refractivity contribution in [3.63, 3.8) is 0 Å². The van der Waals surface area contributed by atoms with Gasteiger partial charge in [0, 0.05) is 19.0 Å². The van der Waals surface area contributed by atoms with Crippen molar-refractivity contribution in [3.05, 3.63) is 99.0 Å². The lowest BCUT2D eigenvalue weighted by Gasteiger charge is -2.33. The highest BCUT2D eigenvalue weighted by Crippen LogP contribution is 2.26. The summed E-state index contributed by atoms with van der Waals surface area (Å²) in [6.07, 6.45) is 5.61. The largest absolute Gasteiger partial charge is 0.482 e. The summed E-state index contributed by atoms with van der Waals surface area (Å²) in [4.78, 5) is 29.1. The van der Waals surface area contributed by atoms with Gasteiger partial charge in [0.15, 0.2) is 6.61 Å². The van der Waals surface area contributed by atoms with Crippen LogP contribution >= 0.6 is 34.8 Å². The minimum Gasteiger partial charge on any atom is -0.482 e. The van der Waals surface area contributed by atoms with E-state index < -0.39 is 6.04 Å². The molecule has 0 heterocycles. The first-order valence-corrected chi connectivity index (χ1v) is 14.0. The van der Waals surface area contributed by atoms with Crippen LogP contribution in [0.5, 0.6) is 5.75 Å². The minimum absolute atomic E-state index is 0.107. The van der Waals surface area contributed by atoms with Crippen molar-refractivity contribution in [2.75, 3.05) is 6.61 Å². The number of carbonyl (C=O) groups excluding carboxylic acids is 2. The van der Waals surface area contributed by atoms with Gasteiger partial charge in [0.05, 0.1) is 15.1 Å². The molecule has 1 aliphatic rings. The molecule has 1 saturated carbocycles. The van der Waals surface area contributed by atoms with E-state index in [0.29, 0.717) is 27.2 Å². The van der Waals surface area contributed by atoms with E-state index in [1.807, 2.05) is 36.4 Å². The van der Waals surface area contributed by atoms with Gasteiger partial charge in [-0.2, -0.15) is 0 Å². The summed E-state index contributed by atoms with van der Waals surface area (Å²) < 4.78 is 5.79. The second kappa shape index (κ2) is 13.9. The fourth-order valence-corrected chi connectivity index (χ4v) is 5.23. The van der Waals surface area contributed by atoms with E-state index in [1.54, 1.807) is 41.3 Å². The maximum absolute atomic E-state index is 13.8. The smallest absolute Gasteiger partial charge is 0.261 e. The Morgan fingerprint density at radius 1 is 0.842 bits per heavy atom. The molecule has 1 N–H and O–H groups in total. The molecule has 3 aromatic carbocycles. The molecular weight excluding hydrogens is 543 g/mol. The Morgan fingerprint density at radius 3 is 2.26 bits per heavy atom. The van der Waals surface area contributed by atoms with Crippen LogP contribution in [0.25, 0.3) is 0 Å². The van der Waals surface area contributed by atoms with Crippen molar-refractivity contribution in [1.29, 1.82) is 0 Å². The number of nitrogens with zero attached hydrogens (tertiary/aromatic N) is 1. The predicted molar refractivity (Wildman–Crippen MR) is 153 cm³/mol. The zero-order chi connectivity index (χ0) is 26.9. The van der Waals surface area contributed by atoms with Gasteiger partial charge in [-0.1, -0.05) is 103 Å². The molecule has 3 aromatic rings. The van der Waals surface area contributed by atoms with E-state index >= 15 is 0 Å². The standard InChI is InChI=1S/C30H31Cl3N2O3/c31-24-16-15-22(17-26(24)33)19-35(29(36)20-38-28-14-8-7-13-25(28)32)27(18-21-9-3-1-4-10-21)30(37)34-23-11-5-2-6-12-23/h1,3-4,7-10,13-17,23,27H,2,5-6,11-12,18-20H2,(H,34,37). The molecule has 4 rings (SSSR count). The van der Waals surface area contributed by atoms with Crippen LogP contribution in [0, 0.1) is 0 Å². The van der Waals surface area contributed by atoms with E-state index in [0.717, 1.165) is 36.8 Å². The van der Waals surface area contributed by atoms with Gasteiger partial charge >= 0.3 is 0 Å². The summed E-state index contributed by atoms with van der Waals surface area (Å²) in [6, 6.07) is 21.3. The maximum atomic E-state index is 13.8. The Balaban J connectivity index is 1.63. The number of halogens is 3. The zero-order valence-corrected chi connectivity index (χ0v) is 23.3. The quantitative estimate of drug-likeness (QED) is 0.281. The number of rotatable bonds is 10. The number of benzene rings is 3. The van der Waals surface area contributed by atoms with Gasteiger partial charge in [0.25, 0.3) is 5.91 Å². The number of para-hydroxylation sites is 1. The number of nitrogens with one attached hydrogen (secondary N) is 1. The maximum Gasteiger partial charge on any atom is 0.261 e. The molecular formula is C30H31Cl3N2O3. The molecule has 0 bridgehead atoms. The molecule has 1 fully saturated rings. The van der Waals surface area contributed by atoms with Crippen LogP contribution in [0.3, 0.4) is 0 Å². The van der Waals surface area contributed by atoms with Crippen LogP contribution in [-0.4, -0.2) is 35.4 Å². The topological polar surface area (TPSA) is 58.6 Å². The summed E-state index contributed by atoms with van der Waals surface area (Å²) in [5.74, 6) is -0.106. The van der Waals surface area contributed by atoms with Gasteiger partial charge in [0.2, 0.25) is 5.91 Å². The first kappa shape index (κ1) is 28.3. The summed E-state index contributed by atoms with van der Waals surface area (Å²) in [6.45, 7) is -0.107. The molecule has 0 radical (unpaired) electrons. The van der Waals surface area contributed by atoms with E-state index in [-0.39, 0.29) is 31.0 Å². The molecule has 1 unspecified atom stereocenters. The summed E-state index contributed by atoms with van der Waals surface area (Å²) in [7, 11) is 0. The highest BCUT2D eigenvalue weighted by atomic mass is 35.5. The van der Waals surface area contributed by atoms with Gasteiger partial charge < -0.3 is 15.0 Å². The Kier molecular flexibility index (Phi) is 10.3. The van der Waals surface area contributed by atoms with E-state index in [2.05, 4.69) is 5.32 Å². The first-order chi connectivity index (χ1) is 18.4. The Morgan fingerprint density at radius 2 is 1.55 bits per heavy atom. The third kappa shape index (κ3) is 7.89. The third-order valence-corrected chi connectivity index (χ3v) is 7.80. The van der Waals surface area contributed by atoms with Crippen molar-refractivity contribution < 1.29 is 14.3 Å². The number of hydrogen-bond donors (Lipinski definition) is 1. The van der Waals surface area contributed by atoms with Crippen molar-refractivity contribution in [2.45, 2.75) is 57.2 Å². The van der Waals surface area contributed by atoms with Gasteiger partial charge in [-0.05, 0) is 48.2 Å². The van der Waals surface area contributed by atoms with Crippen molar-refractivity contribution in [3.8, 4) is 5.75 Å². The average Bonchev–Trinajstić information content (AvgIpc) is 2.93. The fraction of sp³-hybridized carbons (Fsp3) is 0.333. The Labute approximate surface area is 239 Å². The van der Waals surface area contributed by atoms with Crippen LogP contribution in [0.15, 0.2) is 72.8 Å². The van der Waals surface area contributed by atoms with Crippen LogP contribution in [0.1, 0.15) is 43.2 Å². The van der Waals surface area contributed by atoms with Gasteiger partial charge in [-0.25, -0.2) is 0 Å². The molecule has 0 aromatic heterocycles. The number of ether oxygens (including phenoxy) is 1. The van der Waals surface area contributed by atoms with Gasteiger partial charge in [-0.3, -0.25) is 9.59 Å². The van der Waals surface area contributed by atoms with Crippen LogP contribution < -0.4 is 10.1 Å². The van der Waals surface area contributed by atoms with E-state index in [1.165, 1.54) is 6.42 Å². The lowest BCUT2D eigenvalue weighted by Crippen LogP contribution is -2.53.